The third kappa shape index (κ3) is 3.45. The summed E-state index contributed by atoms with van der Waals surface area (Å²) in [6, 6.07) is 5.77. The molecule has 0 heterocycles. The van der Waals surface area contributed by atoms with Crippen LogP contribution in [0.3, 0.4) is 0 Å². The number of amides is 1. The Balaban J connectivity index is 2.19. The van der Waals surface area contributed by atoms with Crippen molar-refractivity contribution in [1.82, 2.24) is 5.32 Å². The molecule has 2 atom stereocenters. The van der Waals surface area contributed by atoms with E-state index >= 15 is 0 Å². The van der Waals surface area contributed by atoms with Crippen LogP contribution in [-0.2, 0) is 0 Å². The van der Waals surface area contributed by atoms with Gasteiger partial charge in [0.1, 0.15) is 0 Å². The average molecular weight is 403 g/mol. The lowest BCUT2D eigenvalue weighted by Gasteiger charge is -2.39. The van der Waals surface area contributed by atoms with Gasteiger partial charge in [-0.2, -0.15) is 0 Å². The number of hydrogen-bond donors (Lipinski definition) is 1. The van der Waals surface area contributed by atoms with Crippen molar-refractivity contribution in [3.8, 4) is 0 Å². The summed E-state index contributed by atoms with van der Waals surface area (Å²) in [6.07, 6.45) is 4.56. The Hall–Kier alpha value is -0.350. The molecule has 2 unspecified atom stereocenters. The Kier molecular flexibility index (Phi) is 5.30. The van der Waals surface area contributed by atoms with Gasteiger partial charge in [0, 0.05) is 15.4 Å². The van der Waals surface area contributed by atoms with E-state index in [9.17, 15) is 4.79 Å². The molecule has 1 aliphatic rings. The summed E-state index contributed by atoms with van der Waals surface area (Å²) in [5.74, 6) is 0.711. The Labute approximate surface area is 138 Å². The molecule has 0 saturated heterocycles. The first-order valence-corrected chi connectivity index (χ1v) is 9.02. The molecule has 2 nitrogen and oxygen atoms in total. The first kappa shape index (κ1) is 16.0. The molecule has 0 spiro atoms. The fourth-order valence-corrected chi connectivity index (χ4v) is 4.11. The molecule has 1 amide bonds. The third-order valence-corrected chi connectivity index (χ3v) is 6.17. The second-order valence-corrected chi connectivity index (χ2v) is 7.40. The molecular weight excluding hydrogens is 382 g/mol. The maximum Gasteiger partial charge on any atom is 0.252 e. The van der Waals surface area contributed by atoms with E-state index < -0.39 is 0 Å². The van der Waals surface area contributed by atoms with E-state index in [-0.39, 0.29) is 11.4 Å². The fraction of sp³-hybridized carbons (Fsp3) is 0.562. The van der Waals surface area contributed by atoms with Crippen LogP contribution >= 0.6 is 31.9 Å². The van der Waals surface area contributed by atoms with Gasteiger partial charge in [-0.1, -0.05) is 57.7 Å². The number of benzene rings is 1. The molecule has 0 aliphatic heterocycles. The summed E-state index contributed by atoms with van der Waals surface area (Å²) < 4.78 is 0.982. The Morgan fingerprint density at radius 2 is 2.25 bits per heavy atom. The smallest absolute Gasteiger partial charge is 0.252 e. The van der Waals surface area contributed by atoms with Gasteiger partial charge in [-0.05, 0) is 43.4 Å². The standard InChI is InChI=1S/C16H21Br2NO/c1-11-5-4-8-16(9-11,10-17)19-15(20)13-6-3-7-14(18)12(13)2/h3,6-7,11H,4-5,8-10H2,1-2H3,(H,19,20). The SMILES string of the molecule is Cc1c(Br)cccc1C(=O)NC1(CBr)CCCC(C)C1. The summed E-state index contributed by atoms with van der Waals surface area (Å²) in [5.41, 5.74) is 1.67. The number of carbonyl (C=O) groups is 1. The Morgan fingerprint density at radius 3 is 2.90 bits per heavy atom. The number of carbonyl (C=O) groups excluding carboxylic acids is 1. The Bertz CT molecular complexity index is 503. The van der Waals surface area contributed by atoms with Gasteiger partial charge in [-0.3, -0.25) is 4.79 Å². The quantitative estimate of drug-likeness (QED) is 0.720. The van der Waals surface area contributed by atoms with Crippen molar-refractivity contribution in [2.24, 2.45) is 5.92 Å². The molecular formula is C16H21Br2NO. The van der Waals surface area contributed by atoms with Gasteiger partial charge in [0.15, 0.2) is 0 Å². The molecule has 0 aromatic heterocycles. The molecule has 1 fully saturated rings. The minimum Gasteiger partial charge on any atom is -0.346 e. The molecule has 20 heavy (non-hydrogen) atoms. The van der Waals surface area contributed by atoms with Crippen molar-refractivity contribution < 1.29 is 4.79 Å². The molecule has 1 aliphatic carbocycles. The summed E-state index contributed by atoms with van der Waals surface area (Å²) in [6.45, 7) is 4.25. The predicted molar refractivity (Wildman–Crippen MR) is 90.5 cm³/mol. The van der Waals surface area contributed by atoms with Crippen LogP contribution in [0.15, 0.2) is 22.7 Å². The molecule has 0 bridgehead atoms. The molecule has 0 radical (unpaired) electrons. The van der Waals surface area contributed by atoms with Crippen molar-refractivity contribution in [2.75, 3.05) is 5.33 Å². The van der Waals surface area contributed by atoms with Crippen LogP contribution in [0.1, 0.15) is 48.5 Å². The van der Waals surface area contributed by atoms with Crippen LogP contribution in [0.4, 0.5) is 0 Å². The second-order valence-electron chi connectivity index (χ2n) is 5.98. The van der Waals surface area contributed by atoms with Crippen LogP contribution in [-0.4, -0.2) is 16.8 Å². The van der Waals surface area contributed by atoms with Crippen LogP contribution < -0.4 is 5.32 Å². The predicted octanol–water partition coefficient (Wildman–Crippen LogP) is 4.83. The monoisotopic (exact) mass is 401 g/mol. The van der Waals surface area contributed by atoms with E-state index in [1.54, 1.807) is 0 Å². The zero-order valence-corrected chi connectivity index (χ0v) is 15.2. The van der Waals surface area contributed by atoms with Crippen molar-refractivity contribution in [1.29, 1.82) is 0 Å². The van der Waals surface area contributed by atoms with Gasteiger partial charge in [0.25, 0.3) is 5.91 Å². The van der Waals surface area contributed by atoms with Crippen LogP contribution in [0.25, 0.3) is 0 Å². The highest BCUT2D eigenvalue weighted by atomic mass is 79.9. The van der Waals surface area contributed by atoms with Crippen molar-refractivity contribution >= 4 is 37.8 Å². The summed E-state index contributed by atoms with van der Waals surface area (Å²) >= 11 is 7.10. The van der Waals surface area contributed by atoms with E-state index in [2.05, 4.69) is 44.1 Å². The van der Waals surface area contributed by atoms with E-state index in [1.807, 2.05) is 25.1 Å². The van der Waals surface area contributed by atoms with Gasteiger partial charge < -0.3 is 5.32 Å². The molecule has 1 aromatic carbocycles. The lowest BCUT2D eigenvalue weighted by molar-refractivity contribution is 0.0869. The molecule has 2 rings (SSSR count). The normalized spacial score (nSPS) is 26.3. The molecule has 1 aromatic rings. The van der Waals surface area contributed by atoms with E-state index in [0.29, 0.717) is 5.92 Å². The minimum atomic E-state index is -0.0937. The summed E-state index contributed by atoms with van der Waals surface area (Å²) in [5, 5.41) is 4.11. The van der Waals surface area contributed by atoms with Gasteiger partial charge in [0.05, 0.1) is 5.54 Å². The van der Waals surface area contributed by atoms with Crippen molar-refractivity contribution in [3.63, 3.8) is 0 Å². The lowest BCUT2D eigenvalue weighted by atomic mass is 9.77. The summed E-state index contributed by atoms with van der Waals surface area (Å²) in [4.78, 5) is 12.6. The number of alkyl halides is 1. The van der Waals surface area contributed by atoms with Gasteiger partial charge in [-0.25, -0.2) is 0 Å². The van der Waals surface area contributed by atoms with Crippen LogP contribution in [0, 0.1) is 12.8 Å². The fourth-order valence-electron chi connectivity index (χ4n) is 3.09. The first-order valence-electron chi connectivity index (χ1n) is 7.11. The van der Waals surface area contributed by atoms with Gasteiger partial charge in [-0.15, -0.1) is 0 Å². The van der Waals surface area contributed by atoms with Crippen molar-refractivity contribution in [3.05, 3.63) is 33.8 Å². The zero-order chi connectivity index (χ0) is 14.8. The van der Waals surface area contributed by atoms with E-state index in [4.69, 9.17) is 0 Å². The highest BCUT2D eigenvalue weighted by molar-refractivity contribution is 9.10. The number of hydrogen-bond acceptors (Lipinski definition) is 1. The third-order valence-electron chi connectivity index (χ3n) is 4.24. The zero-order valence-electron chi connectivity index (χ0n) is 12.0. The minimum absolute atomic E-state index is 0.0392. The Morgan fingerprint density at radius 1 is 1.50 bits per heavy atom. The van der Waals surface area contributed by atoms with Crippen LogP contribution in [0.2, 0.25) is 0 Å². The average Bonchev–Trinajstić information content (AvgIpc) is 2.41. The highest BCUT2D eigenvalue weighted by Crippen LogP contribution is 2.34. The maximum atomic E-state index is 12.6. The second kappa shape index (κ2) is 6.61. The summed E-state index contributed by atoms with van der Waals surface area (Å²) in [7, 11) is 0. The highest BCUT2D eigenvalue weighted by Gasteiger charge is 2.35. The molecule has 4 heteroatoms. The van der Waals surface area contributed by atoms with E-state index in [0.717, 1.165) is 33.8 Å². The number of halogens is 2. The van der Waals surface area contributed by atoms with Gasteiger partial charge in [0.2, 0.25) is 0 Å². The molecule has 1 N–H and O–H groups in total. The first-order chi connectivity index (χ1) is 9.47. The topological polar surface area (TPSA) is 29.1 Å². The van der Waals surface area contributed by atoms with Crippen LogP contribution in [0.5, 0.6) is 0 Å². The molecule has 110 valence electrons. The van der Waals surface area contributed by atoms with Gasteiger partial charge >= 0.3 is 0 Å². The largest absolute Gasteiger partial charge is 0.346 e. The lowest BCUT2D eigenvalue weighted by Crippen LogP contribution is -2.52. The number of rotatable bonds is 3. The van der Waals surface area contributed by atoms with E-state index in [1.165, 1.54) is 12.8 Å². The molecule has 1 saturated carbocycles. The number of nitrogens with one attached hydrogen (secondary N) is 1. The maximum absolute atomic E-state index is 12.6. The van der Waals surface area contributed by atoms with Crippen molar-refractivity contribution in [2.45, 2.75) is 45.1 Å².